The molecule has 0 radical (unpaired) electrons. The molecule has 114 valence electrons. The van der Waals surface area contributed by atoms with Gasteiger partial charge in [0.25, 0.3) is 0 Å². The van der Waals surface area contributed by atoms with E-state index in [0.29, 0.717) is 5.82 Å². The Kier molecular flexibility index (Phi) is 5.30. The second kappa shape index (κ2) is 6.37. The minimum absolute atomic E-state index is 0.165. The van der Waals surface area contributed by atoms with Crippen LogP contribution >= 0.6 is 0 Å². The van der Waals surface area contributed by atoms with Gasteiger partial charge in [-0.25, -0.2) is 9.97 Å². The Balaban J connectivity index is 2.97. The molecule has 0 aliphatic rings. The predicted octanol–water partition coefficient (Wildman–Crippen LogP) is 1.36. The molecule has 0 aliphatic carbocycles. The van der Waals surface area contributed by atoms with Crippen LogP contribution in [0.1, 0.15) is 40.4 Å². The van der Waals surface area contributed by atoms with E-state index in [1.165, 1.54) is 0 Å². The van der Waals surface area contributed by atoms with Crippen LogP contribution in [0.15, 0.2) is 6.07 Å². The normalized spacial score (nSPS) is 14.8. The molecule has 6 heteroatoms. The van der Waals surface area contributed by atoms with Crippen molar-refractivity contribution in [3.8, 4) is 0 Å². The fourth-order valence-electron chi connectivity index (χ4n) is 1.48. The van der Waals surface area contributed by atoms with Crippen LogP contribution in [0.4, 0.5) is 11.6 Å². The summed E-state index contributed by atoms with van der Waals surface area (Å²) in [5.74, 6) is 2.11. The predicted molar refractivity (Wildman–Crippen MR) is 81.1 cm³/mol. The van der Waals surface area contributed by atoms with Crippen molar-refractivity contribution in [2.45, 2.75) is 45.6 Å². The quantitative estimate of drug-likeness (QED) is 0.630. The van der Waals surface area contributed by atoms with Crippen molar-refractivity contribution in [1.29, 1.82) is 0 Å². The van der Waals surface area contributed by atoms with Crippen LogP contribution in [-0.2, 0) is 5.41 Å². The molecular formula is C14H26N4O2. The molecule has 0 amide bonds. The van der Waals surface area contributed by atoms with Gasteiger partial charge in [-0.05, 0) is 13.8 Å². The van der Waals surface area contributed by atoms with Gasteiger partial charge in [-0.15, -0.1) is 0 Å². The molecule has 1 aromatic heterocycles. The van der Waals surface area contributed by atoms with Crippen molar-refractivity contribution in [2.24, 2.45) is 0 Å². The number of anilines is 2. The van der Waals surface area contributed by atoms with Gasteiger partial charge in [-0.1, -0.05) is 20.8 Å². The summed E-state index contributed by atoms with van der Waals surface area (Å²) in [6.45, 7) is 10.4. The molecule has 6 nitrogen and oxygen atoms in total. The zero-order valence-electron chi connectivity index (χ0n) is 13.0. The summed E-state index contributed by atoms with van der Waals surface area (Å²) >= 11 is 0. The smallest absolute Gasteiger partial charge is 0.138 e. The molecule has 1 unspecified atom stereocenters. The SMILES string of the molecule is CCNc1cc(NCC(C)(O)CO)nc(C(C)(C)C)n1. The van der Waals surface area contributed by atoms with Crippen molar-refractivity contribution in [2.75, 3.05) is 30.3 Å². The van der Waals surface area contributed by atoms with Gasteiger partial charge in [0.05, 0.1) is 6.61 Å². The van der Waals surface area contributed by atoms with E-state index in [2.05, 4.69) is 20.6 Å². The fraction of sp³-hybridized carbons (Fsp3) is 0.714. The topological polar surface area (TPSA) is 90.3 Å². The lowest BCUT2D eigenvalue weighted by Crippen LogP contribution is -2.37. The van der Waals surface area contributed by atoms with Crippen LogP contribution in [0, 0.1) is 0 Å². The van der Waals surface area contributed by atoms with Crippen LogP contribution < -0.4 is 10.6 Å². The summed E-state index contributed by atoms with van der Waals surface area (Å²) in [4.78, 5) is 8.95. The van der Waals surface area contributed by atoms with E-state index in [1.807, 2.05) is 27.7 Å². The lowest BCUT2D eigenvalue weighted by Gasteiger charge is -2.23. The Bertz CT molecular complexity index is 441. The number of aromatic nitrogens is 2. The molecule has 1 atom stereocenters. The zero-order valence-corrected chi connectivity index (χ0v) is 13.0. The molecule has 1 rings (SSSR count). The molecule has 0 aromatic carbocycles. The number of aliphatic hydroxyl groups is 2. The van der Waals surface area contributed by atoms with E-state index in [4.69, 9.17) is 5.11 Å². The molecule has 0 spiro atoms. The molecule has 0 saturated heterocycles. The van der Waals surface area contributed by atoms with Crippen molar-refractivity contribution in [3.05, 3.63) is 11.9 Å². The summed E-state index contributed by atoms with van der Waals surface area (Å²) in [7, 11) is 0. The summed E-state index contributed by atoms with van der Waals surface area (Å²) in [5.41, 5.74) is -1.34. The van der Waals surface area contributed by atoms with Gasteiger partial charge in [-0.3, -0.25) is 0 Å². The number of nitrogens with zero attached hydrogens (tertiary/aromatic N) is 2. The molecule has 20 heavy (non-hydrogen) atoms. The highest BCUT2D eigenvalue weighted by Crippen LogP contribution is 2.22. The number of hydrogen-bond donors (Lipinski definition) is 4. The monoisotopic (exact) mass is 282 g/mol. The van der Waals surface area contributed by atoms with Gasteiger partial charge >= 0.3 is 0 Å². The maximum absolute atomic E-state index is 9.81. The molecule has 0 fully saturated rings. The summed E-state index contributed by atoms with van der Waals surface area (Å²) in [6.07, 6.45) is 0. The van der Waals surface area contributed by atoms with Crippen molar-refractivity contribution in [1.82, 2.24) is 9.97 Å². The number of nitrogens with one attached hydrogen (secondary N) is 2. The van der Waals surface area contributed by atoms with E-state index in [-0.39, 0.29) is 18.6 Å². The number of aliphatic hydroxyl groups excluding tert-OH is 1. The average Bonchev–Trinajstić information content (AvgIpc) is 2.36. The number of hydrogen-bond acceptors (Lipinski definition) is 6. The molecule has 0 bridgehead atoms. The Labute approximate surface area is 120 Å². The summed E-state index contributed by atoms with van der Waals surface area (Å²) in [6, 6.07) is 1.80. The Hall–Kier alpha value is -1.40. The van der Waals surface area contributed by atoms with Gasteiger partial charge < -0.3 is 20.8 Å². The second-order valence-electron chi connectivity index (χ2n) is 6.25. The van der Waals surface area contributed by atoms with Crippen molar-refractivity contribution >= 4 is 11.6 Å². The lowest BCUT2D eigenvalue weighted by atomic mass is 9.96. The van der Waals surface area contributed by atoms with Crippen LogP contribution in [0.2, 0.25) is 0 Å². The van der Waals surface area contributed by atoms with E-state index in [9.17, 15) is 5.11 Å². The molecule has 0 aliphatic heterocycles. The highest BCUT2D eigenvalue weighted by molar-refractivity contribution is 5.48. The van der Waals surface area contributed by atoms with Crippen molar-refractivity contribution in [3.63, 3.8) is 0 Å². The third-order valence-corrected chi connectivity index (χ3v) is 2.75. The zero-order chi connectivity index (χ0) is 15.4. The Morgan fingerprint density at radius 1 is 1.10 bits per heavy atom. The first-order valence-electron chi connectivity index (χ1n) is 6.88. The maximum Gasteiger partial charge on any atom is 0.138 e. The first-order valence-corrected chi connectivity index (χ1v) is 6.88. The molecule has 4 N–H and O–H groups in total. The summed E-state index contributed by atoms with van der Waals surface area (Å²) < 4.78 is 0. The third-order valence-electron chi connectivity index (χ3n) is 2.75. The van der Waals surface area contributed by atoms with Crippen molar-refractivity contribution < 1.29 is 10.2 Å². The van der Waals surface area contributed by atoms with Crippen LogP contribution in [0.3, 0.4) is 0 Å². The Morgan fingerprint density at radius 3 is 2.10 bits per heavy atom. The first kappa shape index (κ1) is 16.7. The number of rotatable bonds is 6. The highest BCUT2D eigenvalue weighted by atomic mass is 16.3. The highest BCUT2D eigenvalue weighted by Gasteiger charge is 2.21. The average molecular weight is 282 g/mol. The van der Waals surface area contributed by atoms with E-state index < -0.39 is 5.60 Å². The van der Waals surface area contributed by atoms with Gasteiger partial charge in [0.1, 0.15) is 23.1 Å². The molecule has 1 aromatic rings. The minimum Gasteiger partial charge on any atom is -0.393 e. The second-order valence-corrected chi connectivity index (χ2v) is 6.25. The van der Waals surface area contributed by atoms with Gasteiger partial charge in [0, 0.05) is 24.6 Å². The minimum atomic E-state index is -1.18. The Morgan fingerprint density at radius 2 is 1.65 bits per heavy atom. The van der Waals surface area contributed by atoms with E-state index in [1.54, 1.807) is 13.0 Å². The fourth-order valence-corrected chi connectivity index (χ4v) is 1.48. The summed E-state index contributed by atoms with van der Waals surface area (Å²) in [5, 5.41) is 25.1. The largest absolute Gasteiger partial charge is 0.393 e. The van der Waals surface area contributed by atoms with Gasteiger partial charge in [0.2, 0.25) is 0 Å². The van der Waals surface area contributed by atoms with E-state index in [0.717, 1.165) is 18.2 Å². The lowest BCUT2D eigenvalue weighted by molar-refractivity contribution is 0.0131. The first-order chi connectivity index (χ1) is 9.18. The van der Waals surface area contributed by atoms with Crippen LogP contribution in [0.25, 0.3) is 0 Å². The van der Waals surface area contributed by atoms with Crippen LogP contribution in [0.5, 0.6) is 0 Å². The van der Waals surface area contributed by atoms with Gasteiger partial charge in [-0.2, -0.15) is 0 Å². The van der Waals surface area contributed by atoms with Gasteiger partial charge in [0.15, 0.2) is 0 Å². The molecule has 0 saturated carbocycles. The standard InChI is InChI=1S/C14H26N4O2/c1-6-15-10-7-11(16-8-14(5,20)9-19)18-12(17-10)13(2,3)4/h7,19-20H,6,8-9H2,1-5H3,(H2,15,16,17,18). The molecule has 1 heterocycles. The third kappa shape index (κ3) is 4.94. The molecular weight excluding hydrogens is 256 g/mol. The van der Waals surface area contributed by atoms with E-state index >= 15 is 0 Å². The van der Waals surface area contributed by atoms with Crippen LogP contribution in [-0.4, -0.2) is 45.5 Å². The maximum atomic E-state index is 9.81.